The summed E-state index contributed by atoms with van der Waals surface area (Å²) in [6.07, 6.45) is 2.99. The van der Waals surface area contributed by atoms with Gasteiger partial charge in [-0.1, -0.05) is 25.1 Å². The van der Waals surface area contributed by atoms with Gasteiger partial charge in [-0.2, -0.15) is 0 Å². The van der Waals surface area contributed by atoms with Crippen LogP contribution in [0.3, 0.4) is 0 Å². The van der Waals surface area contributed by atoms with Gasteiger partial charge >= 0.3 is 0 Å². The van der Waals surface area contributed by atoms with E-state index >= 15 is 0 Å². The summed E-state index contributed by atoms with van der Waals surface area (Å²) in [5.74, 6) is 0.504. The Morgan fingerprint density at radius 3 is 2.95 bits per heavy atom. The van der Waals surface area contributed by atoms with Crippen molar-refractivity contribution < 1.29 is 9.50 Å². The zero-order valence-electron chi connectivity index (χ0n) is 12.9. The van der Waals surface area contributed by atoms with E-state index in [-0.39, 0.29) is 18.5 Å². The summed E-state index contributed by atoms with van der Waals surface area (Å²) in [7, 11) is 0. The molecule has 0 spiro atoms. The Morgan fingerprint density at radius 2 is 2.24 bits per heavy atom. The maximum Gasteiger partial charge on any atom is 0.127 e. The van der Waals surface area contributed by atoms with Gasteiger partial charge in [-0.15, -0.1) is 0 Å². The molecule has 2 atom stereocenters. The van der Waals surface area contributed by atoms with Crippen LogP contribution in [-0.2, 0) is 0 Å². The fourth-order valence-electron chi connectivity index (χ4n) is 3.22. The quantitative estimate of drug-likeness (QED) is 0.773. The van der Waals surface area contributed by atoms with Gasteiger partial charge in [0.2, 0.25) is 0 Å². The highest BCUT2D eigenvalue weighted by Gasteiger charge is 2.23. The summed E-state index contributed by atoms with van der Waals surface area (Å²) in [4.78, 5) is 2.44. The molecular weight excluding hydrogens is 267 g/mol. The van der Waals surface area contributed by atoms with Crippen LogP contribution in [0.2, 0.25) is 0 Å². The number of aliphatic hydroxyl groups is 1. The zero-order chi connectivity index (χ0) is 15.1. The third-order valence-electron chi connectivity index (χ3n) is 4.37. The smallest absolute Gasteiger partial charge is 0.127 e. The molecule has 1 aromatic rings. The van der Waals surface area contributed by atoms with Gasteiger partial charge in [-0.3, -0.25) is 0 Å². The van der Waals surface area contributed by atoms with Crippen LogP contribution in [0.15, 0.2) is 24.3 Å². The third-order valence-corrected chi connectivity index (χ3v) is 4.37. The van der Waals surface area contributed by atoms with Crippen molar-refractivity contribution in [2.75, 3.05) is 32.8 Å². The van der Waals surface area contributed by atoms with E-state index in [0.29, 0.717) is 5.92 Å². The lowest BCUT2D eigenvalue weighted by Crippen LogP contribution is -2.29. The second kappa shape index (κ2) is 8.47. The fraction of sp³-hybridized carbons (Fsp3) is 0.647. The van der Waals surface area contributed by atoms with Crippen molar-refractivity contribution in [3.63, 3.8) is 0 Å². The summed E-state index contributed by atoms with van der Waals surface area (Å²) in [5.41, 5.74) is 0.769. The predicted molar refractivity (Wildman–Crippen MR) is 83.7 cm³/mol. The molecule has 0 aromatic heterocycles. The number of nitrogens with zero attached hydrogens (tertiary/aromatic N) is 1. The average molecular weight is 294 g/mol. The molecule has 2 N–H and O–H groups in total. The maximum absolute atomic E-state index is 13.9. The highest BCUT2D eigenvalue weighted by molar-refractivity contribution is 5.21. The molecule has 4 heteroatoms. The van der Waals surface area contributed by atoms with E-state index in [4.69, 9.17) is 5.11 Å². The number of halogens is 1. The van der Waals surface area contributed by atoms with Gasteiger partial charge in [0.25, 0.3) is 0 Å². The van der Waals surface area contributed by atoms with Crippen molar-refractivity contribution in [3.8, 4) is 0 Å². The van der Waals surface area contributed by atoms with E-state index in [1.807, 2.05) is 12.1 Å². The highest BCUT2D eigenvalue weighted by atomic mass is 19.1. The Labute approximate surface area is 127 Å². The molecule has 0 amide bonds. The van der Waals surface area contributed by atoms with Crippen LogP contribution >= 0.6 is 0 Å². The van der Waals surface area contributed by atoms with Gasteiger partial charge in [0.15, 0.2) is 0 Å². The van der Waals surface area contributed by atoms with E-state index in [0.717, 1.165) is 44.6 Å². The van der Waals surface area contributed by atoms with Crippen LogP contribution in [0.4, 0.5) is 4.39 Å². The summed E-state index contributed by atoms with van der Waals surface area (Å²) < 4.78 is 13.9. The topological polar surface area (TPSA) is 35.5 Å². The van der Waals surface area contributed by atoms with Crippen LogP contribution in [0.5, 0.6) is 0 Å². The summed E-state index contributed by atoms with van der Waals surface area (Å²) >= 11 is 0. The van der Waals surface area contributed by atoms with E-state index in [1.165, 1.54) is 12.5 Å². The Kier molecular flexibility index (Phi) is 6.61. The second-order valence-corrected chi connectivity index (χ2v) is 5.89. The van der Waals surface area contributed by atoms with Crippen molar-refractivity contribution in [2.24, 2.45) is 5.92 Å². The fourth-order valence-corrected chi connectivity index (χ4v) is 3.22. The lowest BCUT2D eigenvalue weighted by molar-refractivity contribution is 0.247. The largest absolute Gasteiger partial charge is 0.396 e. The second-order valence-electron chi connectivity index (χ2n) is 5.89. The monoisotopic (exact) mass is 294 g/mol. The first kappa shape index (κ1) is 16.4. The maximum atomic E-state index is 13.9. The molecule has 0 aliphatic carbocycles. The first-order valence-corrected chi connectivity index (χ1v) is 8.05. The third kappa shape index (κ3) is 4.77. The lowest BCUT2D eigenvalue weighted by Gasteiger charge is -2.23. The molecule has 1 saturated heterocycles. The molecule has 1 aliphatic rings. The SMILES string of the molecule is CCNC(CCN1CCC(CCO)C1)c1ccccc1F. The Hall–Kier alpha value is -0.970. The van der Waals surface area contributed by atoms with Crippen LogP contribution in [0.1, 0.15) is 37.8 Å². The highest BCUT2D eigenvalue weighted by Crippen LogP contribution is 2.23. The Bertz CT molecular complexity index is 427. The first-order valence-electron chi connectivity index (χ1n) is 8.05. The zero-order valence-corrected chi connectivity index (χ0v) is 12.9. The molecule has 21 heavy (non-hydrogen) atoms. The van der Waals surface area contributed by atoms with Gasteiger partial charge < -0.3 is 15.3 Å². The number of hydrogen-bond acceptors (Lipinski definition) is 3. The Morgan fingerprint density at radius 1 is 1.43 bits per heavy atom. The summed E-state index contributed by atoms with van der Waals surface area (Å²) in [6, 6.07) is 7.12. The molecule has 2 rings (SSSR count). The van der Waals surface area contributed by atoms with E-state index < -0.39 is 0 Å². The molecule has 1 fully saturated rings. The van der Waals surface area contributed by atoms with Crippen molar-refractivity contribution >= 4 is 0 Å². The number of likely N-dealkylation sites (tertiary alicyclic amines) is 1. The lowest BCUT2D eigenvalue weighted by atomic mass is 10.0. The minimum absolute atomic E-state index is 0.0769. The molecule has 0 radical (unpaired) electrons. The van der Waals surface area contributed by atoms with Gasteiger partial charge in [-0.05, 0) is 50.9 Å². The summed E-state index contributed by atoms with van der Waals surface area (Å²) in [6.45, 7) is 6.33. The average Bonchev–Trinajstić information content (AvgIpc) is 2.92. The van der Waals surface area contributed by atoms with Crippen molar-refractivity contribution in [2.45, 2.75) is 32.2 Å². The number of hydrogen-bond donors (Lipinski definition) is 2. The molecular formula is C17H27FN2O. The minimum Gasteiger partial charge on any atom is -0.396 e. The number of nitrogens with one attached hydrogen (secondary N) is 1. The molecule has 118 valence electrons. The standard InChI is InChI=1S/C17H27FN2O/c1-2-19-17(15-5-3-4-6-16(15)18)8-11-20-10-7-14(13-20)9-12-21/h3-6,14,17,19,21H,2,7-13H2,1H3. The summed E-state index contributed by atoms with van der Waals surface area (Å²) in [5, 5.41) is 12.4. The molecule has 3 nitrogen and oxygen atoms in total. The van der Waals surface area contributed by atoms with Crippen LogP contribution < -0.4 is 5.32 Å². The van der Waals surface area contributed by atoms with Gasteiger partial charge in [0, 0.05) is 24.8 Å². The minimum atomic E-state index is -0.122. The van der Waals surface area contributed by atoms with E-state index in [1.54, 1.807) is 6.07 Å². The van der Waals surface area contributed by atoms with Crippen LogP contribution in [-0.4, -0.2) is 42.8 Å². The first-order chi connectivity index (χ1) is 10.2. The molecule has 1 heterocycles. The van der Waals surface area contributed by atoms with E-state index in [9.17, 15) is 4.39 Å². The van der Waals surface area contributed by atoms with Gasteiger partial charge in [-0.25, -0.2) is 4.39 Å². The van der Waals surface area contributed by atoms with E-state index in [2.05, 4.69) is 17.1 Å². The molecule has 2 unspecified atom stereocenters. The van der Waals surface area contributed by atoms with Crippen molar-refractivity contribution in [1.82, 2.24) is 10.2 Å². The molecule has 1 aliphatic heterocycles. The molecule has 0 saturated carbocycles. The Balaban J connectivity index is 1.88. The molecule has 0 bridgehead atoms. The van der Waals surface area contributed by atoms with Gasteiger partial charge in [0.1, 0.15) is 5.82 Å². The van der Waals surface area contributed by atoms with Gasteiger partial charge in [0.05, 0.1) is 0 Å². The predicted octanol–water partition coefficient (Wildman–Crippen LogP) is 2.57. The van der Waals surface area contributed by atoms with Crippen molar-refractivity contribution in [3.05, 3.63) is 35.6 Å². The number of aliphatic hydroxyl groups excluding tert-OH is 1. The van der Waals surface area contributed by atoms with Crippen molar-refractivity contribution in [1.29, 1.82) is 0 Å². The van der Waals surface area contributed by atoms with Crippen LogP contribution in [0.25, 0.3) is 0 Å². The number of rotatable bonds is 8. The normalized spacial score (nSPS) is 20.8. The van der Waals surface area contributed by atoms with Crippen LogP contribution in [0, 0.1) is 11.7 Å². The number of benzene rings is 1. The molecule has 1 aromatic carbocycles.